The van der Waals surface area contributed by atoms with Crippen LogP contribution in [0.25, 0.3) is 0 Å². The molecule has 0 spiro atoms. The van der Waals surface area contributed by atoms with Crippen LogP contribution < -0.4 is 19.5 Å². The molecule has 0 radical (unpaired) electrons. The van der Waals surface area contributed by atoms with Crippen LogP contribution in [0.2, 0.25) is 0 Å². The summed E-state index contributed by atoms with van der Waals surface area (Å²) in [6.45, 7) is 2.06. The number of hydrogen-bond donors (Lipinski definition) is 1. The largest absolute Gasteiger partial charge is 0.493 e. The van der Waals surface area contributed by atoms with Gasteiger partial charge in [-0.15, -0.1) is 0 Å². The predicted octanol–water partition coefficient (Wildman–Crippen LogP) is 3.04. The SMILES string of the molecule is COc1ccc(OCC(C)NC(=O)c2cccc(F)c2)cc1OC. The van der Waals surface area contributed by atoms with E-state index in [0.717, 1.165) is 0 Å². The maximum absolute atomic E-state index is 13.1. The fourth-order valence-corrected chi connectivity index (χ4v) is 2.11. The number of ether oxygens (including phenoxy) is 3. The van der Waals surface area contributed by atoms with Gasteiger partial charge < -0.3 is 19.5 Å². The molecule has 0 bridgehead atoms. The molecule has 1 unspecified atom stereocenters. The van der Waals surface area contributed by atoms with E-state index in [9.17, 15) is 9.18 Å². The van der Waals surface area contributed by atoms with Gasteiger partial charge in [-0.2, -0.15) is 0 Å². The number of hydrogen-bond acceptors (Lipinski definition) is 4. The summed E-state index contributed by atoms with van der Waals surface area (Å²) in [4.78, 5) is 12.0. The van der Waals surface area contributed by atoms with E-state index in [0.29, 0.717) is 17.2 Å². The van der Waals surface area contributed by atoms with Crippen LogP contribution in [0.3, 0.4) is 0 Å². The summed E-state index contributed by atoms with van der Waals surface area (Å²) >= 11 is 0. The summed E-state index contributed by atoms with van der Waals surface area (Å²) in [5, 5.41) is 2.76. The first-order chi connectivity index (χ1) is 11.5. The first-order valence-corrected chi connectivity index (χ1v) is 7.44. The van der Waals surface area contributed by atoms with E-state index in [1.165, 1.54) is 18.2 Å². The Morgan fingerprint density at radius 1 is 1.12 bits per heavy atom. The molecule has 2 aromatic rings. The Morgan fingerprint density at radius 3 is 2.54 bits per heavy atom. The molecule has 0 aliphatic heterocycles. The number of methoxy groups -OCH3 is 2. The Balaban J connectivity index is 1.91. The zero-order valence-corrected chi connectivity index (χ0v) is 13.8. The highest BCUT2D eigenvalue weighted by Gasteiger charge is 2.12. The minimum atomic E-state index is -0.447. The Morgan fingerprint density at radius 2 is 1.88 bits per heavy atom. The number of nitrogens with one attached hydrogen (secondary N) is 1. The van der Waals surface area contributed by atoms with Gasteiger partial charge in [0.15, 0.2) is 11.5 Å². The highest BCUT2D eigenvalue weighted by atomic mass is 19.1. The predicted molar refractivity (Wildman–Crippen MR) is 88.4 cm³/mol. The molecule has 2 aromatic carbocycles. The summed E-state index contributed by atoms with van der Waals surface area (Å²) in [6, 6.07) is 10.5. The zero-order chi connectivity index (χ0) is 17.5. The van der Waals surface area contributed by atoms with Crippen LogP contribution in [-0.4, -0.2) is 32.8 Å². The van der Waals surface area contributed by atoms with Crippen molar-refractivity contribution in [3.63, 3.8) is 0 Å². The second-order valence-electron chi connectivity index (χ2n) is 5.21. The molecule has 24 heavy (non-hydrogen) atoms. The molecule has 1 N–H and O–H groups in total. The maximum atomic E-state index is 13.1. The van der Waals surface area contributed by atoms with Gasteiger partial charge in [-0.1, -0.05) is 6.07 Å². The van der Waals surface area contributed by atoms with Crippen molar-refractivity contribution < 1.29 is 23.4 Å². The number of rotatable bonds is 7. The maximum Gasteiger partial charge on any atom is 0.251 e. The fraction of sp³-hybridized carbons (Fsp3) is 0.278. The number of carbonyl (C=O) groups is 1. The van der Waals surface area contributed by atoms with Crippen LogP contribution >= 0.6 is 0 Å². The molecule has 1 amide bonds. The first-order valence-electron chi connectivity index (χ1n) is 7.44. The minimum absolute atomic E-state index is 0.256. The van der Waals surface area contributed by atoms with E-state index in [4.69, 9.17) is 14.2 Å². The van der Waals surface area contributed by atoms with Crippen molar-refractivity contribution in [3.8, 4) is 17.2 Å². The van der Waals surface area contributed by atoms with Crippen LogP contribution in [0, 0.1) is 5.82 Å². The molecule has 0 aliphatic carbocycles. The lowest BCUT2D eigenvalue weighted by atomic mass is 10.2. The normalized spacial score (nSPS) is 11.5. The fourth-order valence-electron chi connectivity index (χ4n) is 2.11. The van der Waals surface area contributed by atoms with Gasteiger partial charge in [-0.05, 0) is 37.3 Å². The quantitative estimate of drug-likeness (QED) is 0.846. The highest BCUT2D eigenvalue weighted by molar-refractivity contribution is 5.94. The van der Waals surface area contributed by atoms with Crippen LogP contribution in [0.1, 0.15) is 17.3 Å². The Labute approximate surface area is 140 Å². The molecule has 1 atom stereocenters. The summed E-state index contributed by atoms with van der Waals surface area (Å²) in [5.41, 5.74) is 0.271. The van der Waals surface area contributed by atoms with Crippen LogP contribution in [0.15, 0.2) is 42.5 Å². The van der Waals surface area contributed by atoms with Crippen molar-refractivity contribution in [3.05, 3.63) is 53.8 Å². The van der Waals surface area contributed by atoms with Gasteiger partial charge in [0.25, 0.3) is 5.91 Å². The molecular formula is C18H20FNO4. The van der Waals surface area contributed by atoms with Gasteiger partial charge in [0, 0.05) is 11.6 Å². The van der Waals surface area contributed by atoms with Crippen molar-refractivity contribution >= 4 is 5.91 Å². The van der Waals surface area contributed by atoms with E-state index in [1.54, 1.807) is 45.4 Å². The van der Waals surface area contributed by atoms with Crippen molar-refractivity contribution in [2.75, 3.05) is 20.8 Å². The monoisotopic (exact) mass is 333 g/mol. The van der Waals surface area contributed by atoms with Crippen molar-refractivity contribution in [2.45, 2.75) is 13.0 Å². The third-order valence-corrected chi connectivity index (χ3v) is 3.32. The van der Waals surface area contributed by atoms with Crippen molar-refractivity contribution in [2.24, 2.45) is 0 Å². The molecule has 2 rings (SSSR count). The van der Waals surface area contributed by atoms with E-state index in [2.05, 4.69) is 5.32 Å². The van der Waals surface area contributed by atoms with Gasteiger partial charge in [0.05, 0.1) is 20.3 Å². The van der Waals surface area contributed by atoms with E-state index in [-0.39, 0.29) is 24.1 Å². The van der Waals surface area contributed by atoms with E-state index in [1.807, 2.05) is 0 Å². The zero-order valence-electron chi connectivity index (χ0n) is 13.8. The van der Waals surface area contributed by atoms with Gasteiger partial charge in [-0.3, -0.25) is 4.79 Å². The topological polar surface area (TPSA) is 56.8 Å². The molecule has 0 saturated carbocycles. The lowest BCUT2D eigenvalue weighted by Crippen LogP contribution is -2.36. The third-order valence-electron chi connectivity index (χ3n) is 3.32. The van der Waals surface area contributed by atoms with E-state index >= 15 is 0 Å². The molecule has 0 aliphatic rings. The van der Waals surface area contributed by atoms with Crippen LogP contribution in [-0.2, 0) is 0 Å². The second kappa shape index (κ2) is 8.19. The molecule has 5 nitrogen and oxygen atoms in total. The molecular weight excluding hydrogens is 313 g/mol. The van der Waals surface area contributed by atoms with Crippen LogP contribution in [0.5, 0.6) is 17.2 Å². The third kappa shape index (κ3) is 4.62. The Hall–Kier alpha value is -2.76. The first kappa shape index (κ1) is 17.6. The average molecular weight is 333 g/mol. The second-order valence-corrected chi connectivity index (χ2v) is 5.21. The molecule has 0 aromatic heterocycles. The number of benzene rings is 2. The summed E-state index contributed by atoms with van der Waals surface area (Å²) < 4.78 is 29.2. The average Bonchev–Trinajstić information content (AvgIpc) is 2.59. The van der Waals surface area contributed by atoms with Gasteiger partial charge >= 0.3 is 0 Å². The van der Waals surface area contributed by atoms with Crippen molar-refractivity contribution in [1.29, 1.82) is 0 Å². The smallest absolute Gasteiger partial charge is 0.251 e. The molecule has 0 heterocycles. The lowest BCUT2D eigenvalue weighted by molar-refractivity contribution is 0.0926. The molecule has 0 fully saturated rings. The number of halogens is 1. The van der Waals surface area contributed by atoms with Gasteiger partial charge in [-0.25, -0.2) is 4.39 Å². The van der Waals surface area contributed by atoms with Crippen molar-refractivity contribution in [1.82, 2.24) is 5.32 Å². The van der Waals surface area contributed by atoms with Gasteiger partial charge in [0.2, 0.25) is 0 Å². The molecule has 0 saturated heterocycles. The van der Waals surface area contributed by atoms with Gasteiger partial charge in [0.1, 0.15) is 18.2 Å². The van der Waals surface area contributed by atoms with Crippen LogP contribution in [0.4, 0.5) is 4.39 Å². The molecule has 128 valence electrons. The summed E-state index contributed by atoms with van der Waals surface area (Å²) in [7, 11) is 3.10. The van der Waals surface area contributed by atoms with E-state index < -0.39 is 5.82 Å². The number of amides is 1. The Kier molecular flexibility index (Phi) is 6.01. The summed E-state index contributed by atoms with van der Waals surface area (Å²) in [6.07, 6.45) is 0. The highest BCUT2D eigenvalue weighted by Crippen LogP contribution is 2.30. The lowest BCUT2D eigenvalue weighted by Gasteiger charge is -2.16. The Bertz CT molecular complexity index is 705. The molecule has 6 heteroatoms. The summed E-state index contributed by atoms with van der Waals surface area (Å²) in [5.74, 6) is 0.970. The standard InChI is InChI=1S/C18H20FNO4/c1-12(20-18(21)13-5-4-6-14(19)9-13)11-24-15-7-8-16(22-2)17(10-15)23-3/h4-10,12H,11H2,1-3H3,(H,20,21). The minimum Gasteiger partial charge on any atom is -0.493 e. The number of carbonyl (C=O) groups excluding carboxylic acids is 1.